The van der Waals surface area contributed by atoms with Crippen molar-refractivity contribution < 1.29 is 13.6 Å². The van der Waals surface area contributed by atoms with Crippen molar-refractivity contribution in [2.75, 3.05) is 6.54 Å². The minimum atomic E-state index is -0.387. The molecule has 0 saturated carbocycles. The number of carbonyl (C=O) groups is 1. The van der Waals surface area contributed by atoms with Crippen LogP contribution in [0.2, 0.25) is 0 Å². The highest BCUT2D eigenvalue weighted by Crippen LogP contribution is 2.28. The zero-order valence-corrected chi connectivity index (χ0v) is 13.9. The molecule has 3 rings (SSSR count). The Hall–Kier alpha value is -2.17. The fourth-order valence-electron chi connectivity index (χ4n) is 2.74. The quantitative estimate of drug-likeness (QED) is 0.807. The summed E-state index contributed by atoms with van der Waals surface area (Å²) in [5.41, 5.74) is 1.77. The van der Waals surface area contributed by atoms with Gasteiger partial charge in [0, 0.05) is 23.9 Å². The van der Waals surface area contributed by atoms with Crippen molar-refractivity contribution in [2.24, 2.45) is 0 Å². The molecule has 1 amide bonds. The van der Waals surface area contributed by atoms with Gasteiger partial charge in [-0.3, -0.25) is 4.79 Å². The van der Waals surface area contributed by atoms with Crippen LogP contribution in [0.3, 0.4) is 0 Å². The van der Waals surface area contributed by atoms with Crippen LogP contribution in [-0.2, 0) is 18.4 Å². The molecule has 1 aromatic heterocycles. The molecular weight excluding hydrogens is 295 g/mol. The molecule has 1 aliphatic heterocycles. The van der Waals surface area contributed by atoms with Crippen LogP contribution < -0.4 is 0 Å². The van der Waals surface area contributed by atoms with Crippen LogP contribution in [0.1, 0.15) is 54.0 Å². The Balaban J connectivity index is 1.84. The van der Waals surface area contributed by atoms with Gasteiger partial charge in [-0.25, -0.2) is 9.37 Å². The number of rotatable bonds is 1. The molecular formula is C18H21FN2O2. The topological polar surface area (TPSA) is 46.3 Å². The molecule has 0 unspecified atom stereocenters. The number of hydrogen-bond donors (Lipinski definition) is 0. The number of oxazole rings is 1. The highest BCUT2D eigenvalue weighted by atomic mass is 19.1. The van der Waals surface area contributed by atoms with E-state index in [1.165, 1.54) is 12.1 Å². The zero-order chi connectivity index (χ0) is 16.8. The Morgan fingerprint density at radius 1 is 1.30 bits per heavy atom. The number of hydrogen-bond acceptors (Lipinski definition) is 3. The molecule has 0 bridgehead atoms. The van der Waals surface area contributed by atoms with Crippen LogP contribution in [0, 0.1) is 12.7 Å². The van der Waals surface area contributed by atoms with Crippen molar-refractivity contribution in [3.8, 4) is 0 Å². The number of amides is 1. The maximum Gasteiger partial charge on any atom is 0.254 e. The SMILES string of the molecule is Cc1cc(F)cc(C(=O)N2CCc3oc(C(C)(C)C)nc3C2)c1. The van der Waals surface area contributed by atoms with E-state index < -0.39 is 0 Å². The Bertz CT molecular complexity index is 739. The first-order valence-corrected chi connectivity index (χ1v) is 7.79. The molecule has 0 aliphatic carbocycles. The van der Waals surface area contributed by atoms with Gasteiger partial charge in [0.2, 0.25) is 0 Å². The maximum absolute atomic E-state index is 13.5. The summed E-state index contributed by atoms with van der Waals surface area (Å²) in [5, 5.41) is 0. The van der Waals surface area contributed by atoms with Crippen molar-refractivity contribution in [1.29, 1.82) is 0 Å². The van der Waals surface area contributed by atoms with Gasteiger partial charge >= 0.3 is 0 Å². The Morgan fingerprint density at radius 3 is 2.70 bits per heavy atom. The van der Waals surface area contributed by atoms with Crippen molar-refractivity contribution >= 4 is 5.91 Å². The predicted molar refractivity (Wildman–Crippen MR) is 84.8 cm³/mol. The van der Waals surface area contributed by atoms with Crippen molar-refractivity contribution in [3.05, 3.63) is 52.5 Å². The lowest BCUT2D eigenvalue weighted by molar-refractivity contribution is 0.0727. The molecule has 0 fully saturated rings. The van der Waals surface area contributed by atoms with Crippen LogP contribution in [0.15, 0.2) is 22.6 Å². The number of benzene rings is 1. The number of fused-ring (bicyclic) bond motifs is 1. The van der Waals surface area contributed by atoms with E-state index in [-0.39, 0.29) is 17.1 Å². The summed E-state index contributed by atoms with van der Waals surface area (Å²) in [7, 11) is 0. The van der Waals surface area contributed by atoms with Gasteiger partial charge in [0.05, 0.1) is 6.54 Å². The first kappa shape index (κ1) is 15.7. The third kappa shape index (κ3) is 3.14. The zero-order valence-electron chi connectivity index (χ0n) is 13.9. The fourth-order valence-corrected chi connectivity index (χ4v) is 2.74. The summed E-state index contributed by atoms with van der Waals surface area (Å²) >= 11 is 0. The lowest BCUT2D eigenvalue weighted by atomic mass is 9.97. The Kier molecular flexibility index (Phi) is 3.74. The number of aromatic nitrogens is 1. The largest absolute Gasteiger partial charge is 0.445 e. The molecule has 4 nitrogen and oxygen atoms in total. The molecule has 0 saturated heterocycles. The molecule has 2 aromatic rings. The first-order chi connectivity index (χ1) is 10.7. The smallest absolute Gasteiger partial charge is 0.254 e. The van der Waals surface area contributed by atoms with Gasteiger partial charge in [0.15, 0.2) is 5.89 Å². The Labute approximate surface area is 135 Å². The summed E-state index contributed by atoms with van der Waals surface area (Å²) in [4.78, 5) is 18.9. The molecule has 0 N–H and O–H groups in total. The van der Waals surface area contributed by atoms with E-state index in [2.05, 4.69) is 4.98 Å². The van der Waals surface area contributed by atoms with Gasteiger partial charge in [-0.2, -0.15) is 0 Å². The third-order valence-electron chi connectivity index (χ3n) is 3.95. The van der Waals surface area contributed by atoms with E-state index in [4.69, 9.17) is 4.42 Å². The second kappa shape index (κ2) is 5.48. The molecule has 23 heavy (non-hydrogen) atoms. The number of nitrogens with zero attached hydrogens (tertiary/aromatic N) is 2. The standard InChI is InChI=1S/C18H21FN2O2/c1-11-7-12(9-13(19)8-11)16(22)21-6-5-15-14(10-21)20-17(23-15)18(2,3)4/h7-9H,5-6,10H2,1-4H3. The van der Waals surface area contributed by atoms with Crippen molar-refractivity contribution in [2.45, 2.75) is 46.1 Å². The summed E-state index contributed by atoms with van der Waals surface area (Å²) in [6, 6.07) is 4.41. The van der Waals surface area contributed by atoms with E-state index >= 15 is 0 Å². The van der Waals surface area contributed by atoms with Crippen LogP contribution >= 0.6 is 0 Å². The second-order valence-corrected chi connectivity index (χ2v) is 7.13. The van der Waals surface area contributed by atoms with Gasteiger partial charge in [-0.05, 0) is 30.7 Å². The van der Waals surface area contributed by atoms with Crippen molar-refractivity contribution in [3.63, 3.8) is 0 Å². The summed E-state index contributed by atoms with van der Waals surface area (Å²) < 4.78 is 19.4. The first-order valence-electron chi connectivity index (χ1n) is 7.79. The van der Waals surface area contributed by atoms with Gasteiger partial charge < -0.3 is 9.32 Å². The lowest BCUT2D eigenvalue weighted by Gasteiger charge is -2.25. The predicted octanol–water partition coefficient (Wildman–Crippen LogP) is 3.62. The third-order valence-corrected chi connectivity index (χ3v) is 3.95. The van der Waals surface area contributed by atoms with Crippen LogP contribution in [0.25, 0.3) is 0 Å². The lowest BCUT2D eigenvalue weighted by Crippen LogP contribution is -2.35. The number of carbonyl (C=O) groups excluding carboxylic acids is 1. The average Bonchev–Trinajstić information content (AvgIpc) is 2.88. The average molecular weight is 316 g/mol. The van der Waals surface area contributed by atoms with Crippen molar-refractivity contribution in [1.82, 2.24) is 9.88 Å². The molecule has 122 valence electrons. The van der Waals surface area contributed by atoms with Gasteiger partial charge in [-0.15, -0.1) is 0 Å². The second-order valence-electron chi connectivity index (χ2n) is 7.13. The Morgan fingerprint density at radius 2 is 2.04 bits per heavy atom. The van der Waals surface area contributed by atoms with Gasteiger partial charge in [0.1, 0.15) is 17.3 Å². The van der Waals surface area contributed by atoms with Crippen LogP contribution in [-0.4, -0.2) is 22.3 Å². The van der Waals surface area contributed by atoms with E-state index in [1.54, 1.807) is 17.9 Å². The molecule has 0 atom stereocenters. The van der Waals surface area contributed by atoms with Gasteiger partial charge in [0.25, 0.3) is 5.91 Å². The highest BCUT2D eigenvalue weighted by Gasteiger charge is 2.29. The molecule has 2 heterocycles. The normalized spacial score (nSPS) is 14.7. The molecule has 0 radical (unpaired) electrons. The molecule has 0 spiro atoms. The monoisotopic (exact) mass is 316 g/mol. The number of aryl methyl sites for hydroxylation is 1. The minimum absolute atomic E-state index is 0.161. The van der Waals surface area contributed by atoms with E-state index in [0.717, 1.165) is 17.0 Å². The van der Waals surface area contributed by atoms with E-state index in [9.17, 15) is 9.18 Å². The maximum atomic E-state index is 13.5. The molecule has 1 aliphatic rings. The minimum Gasteiger partial charge on any atom is -0.445 e. The fraction of sp³-hybridized carbons (Fsp3) is 0.444. The van der Waals surface area contributed by atoms with E-state index in [0.29, 0.717) is 31.0 Å². The van der Waals surface area contributed by atoms with E-state index in [1.807, 2.05) is 20.8 Å². The summed E-state index contributed by atoms with van der Waals surface area (Å²) in [6.07, 6.45) is 0.637. The summed E-state index contributed by atoms with van der Waals surface area (Å²) in [6.45, 7) is 8.87. The number of halogens is 1. The highest BCUT2D eigenvalue weighted by molar-refractivity contribution is 5.94. The molecule has 5 heteroatoms. The summed E-state index contributed by atoms with van der Waals surface area (Å²) in [5.74, 6) is 0.994. The van der Waals surface area contributed by atoms with Gasteiger partial charge in [-0.1, -0.05) is 20.8 Å². The molecule has 1 aromatic carbocycles. The van der Waals surface area contributed by atoms with Crippen LogP contribution in [0.5, 0.6) is 0 Å². The van der Waals surface area contributed by atoms with Crippen LogP contribution in [0.4, 0.5) is 4.39 Å².